The van der Waals surface area contributed by atoms with Gasteiger partial charge < -0.3 is 15.8 Å². The molecule has 0 aromatic rings. The van der Waals surface area contributed by atoms with Gasteiger partial charge in [-0.1, -0.05) is 6.92 Å². The van der Waals surface area contributed by atoms with Crippen LogP contribution in [0.5, 0.6) is 0 Å². The summed E-state index contributed by atoms with van der Waals surface area (Å²) in [5, 5.41) is 3.37. The average Bonchev–Trinajstić information content (AvgIpc) is 2.48. The molecule has 1 heterocycles. The molecule has 2 aliphatic rings. The largest absolute Gasteiger partial charge is 0.377 e. The van der Waals surface area contributed by atoms with Crippen molar-refractivity contribution in [3.05, 3.63) is 0 Å². The lowest BCUT2D eigenvalue weighted by Crippen LogP contribution is -2.61. The zero-order valence-electron chi connectivity index (χ0n) is 13.6. The lowest BCUT2D eigenvalue weighted by atomic mass is 9.77. The van der Waals surface area contributed by atoms with Gasteiger partial charge in [-0.25, -0.2) is 0 Å². The van der Waals surface area contributed by atoms with Crippen LogP contribution in [0.15, 0.2) is 0 Å². The van der Waals surface area contributed by atoms with Crippen LogP contribution in [-0.2, 0) is 9.53 Å². The Bertz CT molecular complexity index is 344. The quantitative estimate of drug-likeness (QED) is 0.774. The highest BCUT2D eigenvalue weighted by Gasteiger charge is 2.42. The smallest absolute Gasteiger partial charge is 0.237 e. The first-order chi connectivity index (χ1) is 10.1. The highest BCUT2D eigenvalue weighted by molar-refractivity contribution is 5.84. The van der Waals surface area contributed by atoms with E-state index in [9.17, 15) is 4.79 Å². The van der Waals surface area contributed by atoms with Gasteiger partial charge in [0.1, 0.15) is 0 Å². The predicted molar refractivity (Wildman–Crippen MR) is 84.1 cm³/mol. The summed E-state index contributed by atoms with van der Waals surface area (Å²) in [6.07, 6.45) is 6.64. The second-order valence-corrected chi connectivity index (χ2v) is 6.44. The normalized spacial score (nSPS) is 34.8. The second-order valence-electron chi connectivity index (χ2n) is 6.44. The fraction of sp³-hybridized carbons (Fsp3) is 0.938. The van der Waals surface area contributed by atoms with E-state index in [-0.39, 0.29) is 5.91 Å². The first-order valence-corrected chi connectivity index (χ1v) is 8.52. The van der Waals surface area contributed by atoms with E-state index in [1.165, 1.54) is 12.8 Å². The number of ether oxygens (including phenoxy) is 1. The topological polar surface area (TPSA) is 67.6 Å². The molecule has 1 amide bonds. The van der Waals surface area contributed by atoms with Crippen molar-refractivity contribution in [3.63, 3.8) is 0 Å². The molecule has 2 fully saturated rings. The predicted octanol–water partition coefficient (Wildman–Crippen LogP) is 1.26. The summed E-state index contributed by atoms with van der Waals surface area (Å²) in [4.78, 5) is 14.5. The van der Waals surface area contributed by atoms with E-state index in [0.29, 0.717) is 12.1 Å². The minimum atomic E-state index is -0.504. The van der Waals surface area contributed by atoms with Gasteiger partial charge in [0.2, 0.25) is 5.91 Å². The van der Waals surface area contributed by atoms with Crippen molar-refractivity contribution < 1.29 is 9.53 Å². The Morgan fingerprint density at radius 1 is 1.38 bits per heavy atom. The van der Waals surface area contributed by atoms with Crippen molar-refractivity contribution in [2.75, 3.05) is 26.2 Å². The number of carbonyl (C=O) groups is 1. The van der Waals surface area contributed by atoms with E-state index >= 15 is 0 Å². The highest BCUT2D eigenvalue weighted by Crippen LogP contribution is 2.32. The average molecular weight is 297 g/mol. The van der Waals surface area contributed by atoms with Gasteiger partial charge in [-0.15, -0.1) is 0 Å². The van der Waals surface area contributed by atoms with Crippen LogP contribution in [0, 0.1) is 0 Å². The summed E-state index contributed by atoms with van der Waals surface area (Å²) in [5.74, 6) is -0.188. The Hall–Kier alpha value is -0.650. The highest BCUT2D eigenvalue weighted by atomic mass is 16.5. The molecule has 122 valence electrons. The number of nitrogens with one attached hydrogen (secondary N) is 1. The molecule has 3 atom stereocenters. The number of likely N-dealkylation sites (N-methyl/N-ethyl adjacent to an activating group) is 1. The van der Waals surface area contributed by atoms with Crippen LogP contribution < -0.4 is 11.1 Å². The number of nitrogens with two attached hydrogens (primary N) is 1. The van der Waals surface area contributed by atoms with E-state index < -0.39 is 5.54 Å². The van der Waals surface area contributed by atoms with E-state index in [4.69, 9.17) is 10.5 Å². The van der Waals surface area contributed by atoms with E-state index in [2.05, 4.69) is 17.1 Å². The third kappa shape index (κ3) is 3.96. The van der Waals surface area contributed by atoms with Crippen LogP contribution >= 0.6 is 0 Å². The van der Waals surface area contributed by atoms with Gasteiger partial charge in [-0.2, -0.15) is 0 Å². The van der Waals surface area contributed by atoms with Crippen molar-refractivity contribution in [2.45, 2.75) is 70.1 Å². The van der Waals surface area contributed by atoms with Gasteiger partial charge in [-0.05, 0) is 58.5 Å². The molecule has 1 aliphatic heterocycles. The summed E-state index contributed by atoms with van der Waals surface area (Å²) >= 11 is 0. The van der Waals surface area contributed by atoms with Crippen LogP contribution in [0.3, 0.4) is 0 Å². The van der Waals surface area contributed by atoms with Gasteiger partial charge >= 0.3 is 0 Å². The van der Waals surface area contributed by atoms with Gasteiger partial charge in [0.05, 0.1) is 11.6 Å². The Morgan fingerprint density at radius 3 is 2.86 bits per heavy atom. The molecule has 1 saturated carbocycles. The Kier molecular flexibility index (Phi) is 6.02. The second kappa shape index (κ2) is 7.56. The number of nitrogens with zero attached hydrogens (tertiary/aromatic N) is 1. The molecule has 0 bridgehead atoms. The van der Waals surface area contributed by atoms with Crippen LogP contribution in [0.1, 0.15) is 52.4 Å². The van der Waals surface area contributed by atoms with Crippen molar-refractivity contribution in [3.8, 4) is 0 Å². The van der Waals surface area contributed by atoms with Crippen LogP contribution in [0.2, 0.25) is 0 Å². The third-order valence-corrected chi connectivity index (χ3v) is 5.04. The first-order valence-electron chi connectivity index (χ1n) is 8.52. The summed E-state index contributed by atoms with van der Waals surface area (Å²) in [7, 11) is 0. The SMILES string of the molecule is CCNC1(C(N)=O)CCCC(N2CCCC(OCC)C2)C1. The number of amides is 1. The molecular weight excluding hydrogens is 266 g/mol. The lowest BCUT2D eigenvalue weighted by molar-refractivity contribution is -0.127. The lowest BCUT2D eigenvalue weighted by Gasteiger charge is -2.45. The van der Waals surface area contributed by atoms with E-state index in [1.54, 1.807) is 0 Å². The maximum Gasteiger partial charge on any atom is 0.237 e. The minimum Gasteiger partial charge on any atom is -0.377 e. The molecule has 0 radical (unpaired) electrons. The zero-order valence-corrected chi connectivity index (χ0v) is 13.6. The van der Waals surface area contributed by atoms with Gasteiger partial charge in [0, 0.05) is 19.2 Å². The molecule has 3 unspecified atom stereocenters. The third-order valence-electron chi connectivity index (χ3n) is 5.04. The van der Waals surface area contributed by atoms with Crippen LogP contribution in [0.25, 0.3) is 0 Å². The van der Waals surface area contributed by atoms with E-state index in [1.807, 2.05) is 6.92 Å². The molecule has 21 heavy (non-hydrogen) atoms. The van der Waals surface area contributed by atoms with E-state index in [0.717, 1.165) is 51.9 Å². The summed E-state index contributed by atoms with van der Waals surface area (Å²) in [6, 6.07) is 0.452. The maximum atomic E-state index is 12.0. The monoisotopic (exact) mass is 297 g/mol. The van der Waals surface area contributed by atoms with Crippen molar-refractivity contribution in [1.29, 1.82) is 0 Å². The molecule has 5 heteroatoms. The fourth-order valence-corrected chi connectivity index (χ4v) is 4.04. The fourth-order valence-electron chi connectivity index (χ4n) is 4.04. The zero-order chi connectivity index (χ0) is 15.3. The Morgan fingerprint density at radius 2 is 2.19 bits per heavy atom. The molecular formula is C16H31N3O2. The number of primary amides is 1. The Labute approximate surface area is 128 Å². The summed E-state index contributed by atoms with van der Waals surface area (Å²) in [6.45, 7) is 7.79. The molecule has 0 spiro atoms. The van der Waals surface area contributed by atoms with Gasteiger partial charge in [-0.3, -0.25) is 9.69 Å². The van der Waals surface area contributed by atoms with Crippen LogP contribution in [-0.4, -0.2) is 54.7 Å². The number of hydrogen-bond donors (Lipinski definition) is 2. The Balaban J connectivity index is 2.00. The molecule has 0 aromatic heterocycles. The molecule has 0 aromatic carbocycles. The van der Waals surface area contributed by atoms with Gasteiger partial charge in [0.25, 0.3) is 0 Å². The molecule has 3 N–H and O–H groups in total. The number of piperidine rings is 1. The van der Waals surface area contributed by atoms with Gasteiger partial charge in [0.15, 0.2) is 0 Å². The van der Waals surface area contributed by atoms with Crippen molar-refractivity contribution >= 4 is 5.91 Å². The molecule has 1 saturated heterocycles. The van der Waals surface area contributed by atoms with Crippen molar-refractivity contribution in [2.24, 2.45) is 5.73 Å². The van der Waals surface area contributed by atoms with Crippen molar-refractivity contribution in [1.82, 2.24) is 10.2 Å². The number of hydrogen-bond acceptors (Lipinski definition) is 4. The minimum absolute atomic E-state index is 0.188. The molecule has 2 rings (SSSR count). The maximum absolute atomic E-state index is 12.0. The van der Waals surface area contributed by atoms with Crippen LogP contribution in [0.4, 0.5) is 0 Å². The number of rotatable bonds is 6. The first kappa shape index (κ1) is 16.7. The molecule has 1 aliphatic carbocycles. The molecule has 5 nitrogen and oxygen atoms in total. The number of likely N-dealkylation sites (tertiary alicyclic amines) is 1. The standard InChI is InChI=1S/C16H31N3O2/c1-3-18-16(15(17)20)9-5-7-13(11-16)19-10-6-8-14(12-19)21-4-2/h13-14,18H,3-12H2,1-2H3,(H2,17,20). The summed E-state index contributed by atoms with van der Waals surface area (Å²) < 4.78 is 5.80. The summed E-state index contributed by atoms with van der Waals surface area (Å²) in [5.41, 5.74) is 5.21. The number of carbonyl (C=O) groups excluding carboxylic acids is 1.